The van der Waals surface area contributed by atoms with Gasteiger partial charge in [0.15, 0.2) is 0 Å². The molecule has 0 rings (SSSR count). The van der Waals surface area contributed by atoms with Crippen LogP contribution >= 0.6 is 11.8 Å². The topological polar surface area (TPSA) is 70.0 Å². The first-order valence-corrected chi connectivity index (χ1v) is 7.30. The van der Waals surface area contributed by atoms with Gasteiger partial charge in [0.05, 0.1) is 25.2 Å². The van der Waals surface area contributed by atoms with E-state index in [-0.39, 0.29) is 18.5 Å². The molecule has 0 bridgehead atoms. The minimum atomic E-state index is -0.710. The van der Waals surface area contributed by atoms with E-state index in [4.69, 9.17) is 14.9 Å². The Bertz CT molecular complexity index is 226. The first-order chi connectivity index (χ1) is 8.47. The SMILES string of the molecule is CC(CSCC(O)CO)C(=O)OCCCN(C)C. The molecule has 0 aromatic rings. The van der Waals surface area contributed by atoms with Crippen molar-refractivity contribution >= 4 is 17.7 Å². The lowest BCUT2D eigenvalue weighted by Crippen LogP contribution is -2.21. The Morgan fingerprint density at radius 1 is 1.39 bits per heavy atom. The third kappa shape index (κ3) is 9.70. The standard InChI is InChI=1S/C12H25NO4S/c1-10(8-18-9-11(15)7-14)12(16)17-6-4-5-13(2)3/h10-11,14-15H,4-9H2,1-3H3. The summed E-state index contributed by atoms with van der Waals surface area (Å²) < 4.78 is 5.15. The summed E-state index contributed by atoms with van der Waals surface area (Å²) in [7, 11) is 3.96. The van der Waals surface area contributed by atoms with Gasteiger partial charge in [-0.05, 0) is 20.5 Å². The molecule has 2 atom stereocenters. The van der Waals surface area contributed by atoms with Crippen molar-refractivity contribution in [2.75, 3.05) is 45.4 Å². The Balaban J connectivity index is 3.57. The van der Waals surface area contributed by atoms with Gasteiger partial charge in [0.1, 0.15) is 0 Å². The summed E-state index contributed by atoms with van der Waals surface area (Å²) in [6.45, 7) is 2.92. The lowest BCUT2D eigenvalue weighted by molar-refractivity contribution is -0.147. The Morgan fingerprint density at radius 2 is 2.06 bits per heavy atom. The van der Waals surface area contributed by atoms with Gasteiger partial charge in [-0.1, -0.05) is 6.92 Å². The van der Waals surface area contributed by atoms with E-state index < -0.39 is 6.10 Å². The summed E-state index contributed by atoms with van der Waals surface area (Å²) in [5.41, 5.74) is 0. The predicted octanol–water partition coefficient (Wildman–Crippen LogP) is 0.204. The summed E-state index contributed by atoms with van der Waals surface area (Å²) in [5.74, 6) is 0.665. The minimum absolute atomic E-state index is 0.180. The highest BCUT2D eigenvalue weighted by atomic mass is 32.2. The molecule has 2 unspecified atom stereocenters. The van der Waals surface area contributed by atoms with Gasteiger partial charge < -0.3 is 19.8 Å². The number of carbonyl (C=O) groups excluding carboxylic acids is 1. The van der Waals surface area contributed by atoms with Crippen molar-refractivity contribution in [2.45, 2.75) is 19.4 Å². The van der Waals surface area contributed by atoms with Crippen LogP contribution in [-0.4, -0.2) is 72.5 Å². The number of carbonyl (C=O) groups is 1. The van der Waals surface area contributed by atoms with Gasteiger partial charge in [-0.15, -0.1) is 0 Å². The number of hydrogen-bond donors (Lipinski definition) is 2. The molecule has 0 aliphatic heterocycles. The molecule has 0 aliphatic rings. The molecule has 0 aliphatic carbocycles. The number of ether oxygens (including phenoxy) is 1. The van der Waals surface area contributed by atoms with E-state index in [2.05, 4.69) is 0 Å². The summed E-state index contributed by atoms with van der Waals surface area (Å²) in [6, 6.07) is 0. The van der Waals surface area contributed by atoms with E-state index in [9.17, 15) is 4.79 Å². The molecule has 0 amide bonds. The van der Waals surface area contributed by atoms with Gasteiger partial charge in [-0.25, -0.2) is 0 Å². The van der Waals surface area contributed by atoms with Gasteiger partial charge in [-0.3, -0.25) is 4.79 Å². The molecule has 6 heteroatoms. The van der Waals surface area contributed by atoms with E-state index >= 15 is 0 Å². The predicted molar refractivity (Wildman–Crippen MR) is 73.7 cm³/mol. The molecule has 5 nitrogen and oxygen atoms in total. The zero-order valence-corrected chi connectivity index (χ0v) is 12.3. The van der Waals surface area contributed by atoms with Gasteiger partial charge in [0, 0.05) is 18.1 Å². The zero-order valence-electron chi connectivity index (χ0n) is 11.5. The third-order valence-electron chi connectivity index (χ3n) is 2.29. The number of aliphatic hydroxyl groups excluding tert-OH is 2. The van der Waals surface area contributed by atoms with E-state index in [0.29, 0.717) is 18.1 Å². The fourth-order valence-corrected chi connectivity index (χ4v) is 2.20. The molecule has 0 saturated carbocycles. The van der Waals surface area contributed by atoms with Crippen LogP contribution in [0.4, 0.5) is 0 Å². The average molecular weight is 279 g/mol. The number of hydrogen-bond acceptors (Lipinski definition) is 6. The fourth-order valence-electron chi connectivity index (χ4n) is 1.20. The van der Waals surface area contributed by atoms with Crippen LogP contribution < -0.4 is 0 Å². The largest absolute Gasteiger partial charge is 0.465 e. The van der Waals surface area contributed by atoms with Crippen LogP contribution in [0.25, 0.3) is 0 Å². The molecule has 0 fully saturated rings. The second-order valence-corrected chi connectivity index (χ2v) is 5.67. The smallest absolute Gasteiger partial charge is 0.309 e. The van der Waals surface area contributed by atoms with Crippen LogP contribution in [0.2, 0.25) is 0 Å². The molecule has 0 heterocycles. The molecule has 18 heavy (non-hydrogen) atoms. The van der Waals surface area contributed by atoms with Crippen LogP contribution in [0.3, 0.4) is 0 Å². The Hall–Kier alpha value is -0.300. The van der Waals surface area contributed by atoms with Crippen molar-refractivity contribution in [1.29, 1.82) is 0 Å². The summed E-state index contributed by atoms with van der Waals surface area (Å²) in [4.78, 5) is 13.6. The monoisotopic (exact) mass is 279 g/mol. The van der Waals surface area contributed by atoms with Crippen molar-refractivity contribution in [1.82, 2.24) is 4.90 Å². The Kier molecular flexibility index (Phi) is 10.4. The molecule has 2 N–H and O–H groups in total. The lowest BCUT2D eigenvalue weighted by atomic mass is 10.2. The van der Waals surface area contributed by atoms with Crippen LogP contribution in [0.15, 0.2) is 0 Å². The maximum atomic E-state index is 11.6. The number of rotatable bonds is 10. The van der Waals surface area contributed by atoms with Crippen molar-refractivity contribution in [3.8, 4) is 0 Å². The number of esters is 1. The van der Waals surface area contributed by atoms with Crippen molar-refractivity contribution in [3.63, 3.8) is 0 Å². The molecule has 0 spiro atoms. The summed E-state index contributed by atoms with van der Waals surface area (Å²) >= 11 is 1.45. The molecule has 0 aromatic carbocycles. The van der Waals surface area contributed by atoms with Crippen LogP contribution in [0.5, 0.6) is 0 Å². The van der Waals surface area contributed by atoms with E-state index in [0.717, 1.165) is 13.0 Å². The Labute approximate surface area is 114 Å². The fraction of sp³-hybridized carbons (Fsp3) is 0.917. The highest BCUT2D eigenvalue weighted by Crippen LogP contribution is 2.11. The van der Waals surface area contributed by atoms with E-state index in [1.807, 2.05) is 25.9 Å². The van der Waals surface area contributed by atoms with Crippen LogP contribution in [0, 0.1) is 5.92 Å². The molecule has 0 aromatic heterocycles. The molecule has 0 saturated heterocycles. The highest BCUT2D eigenvalue weighted by molar-refractivity contribution is 7.99. The zero-order chi connectivity index (χ0) is 14.0. The maximum Gasteiger partial charge on any atom is 0.309 e. The quantitative estimate of drug-likeness (QED) is 0.440. The van der Waals surface area contributed by atoms with E-state index in [1.54, 1.807) is 0 Å². The first kappa shape index (κ1) is 17.7. The van der Waals surface area contributed by atoms with Crippen LogP contribution in [-0.2, 0) is 9.53 Å². The summed E-state index contributed by atoms with van der Waals surface area (Å²) in [5, 5.41) is 17.8. The van der Waals surface area contributed by atoms with Gasteiger partial charge in [-0.2, -0.15) is 11.8 Å². The van der Waals surface area contributed by atoms with Crippen molar-refractivity contribution in [3.05, 3.63) is 0 Å². The summed E-state index contributed by atoms with van der Waals surface area (Å²) in [6.07, 6.45) is 0.125. The Morgan fingerprint density at radius 3 is 2.61 bits per heavy atom. The van der Waals surface area contributed by atoms with Crippen molar-refractivity contribution in [2.24, 2.45) is 5.92 Å². The van der Waals surface area contributed by atoms with Gasteiger partial charge in [0.2, 0.25) is 0 Å². The average Bonchev–Trinajstić information content (AvgIpc) is 2.33. The second kappa shape index (κ2) is 10.6. The van der Waals surface area contributed by atoms with Gasteiger partial charge >= 0.3 is 5.97 Å². The minimum Gasteiger partial charge on any atom is -0.465 e. The van der Waals surface area contributed by atoms with E-state index in [1.165, 1.54) is 11.8 Å². The van der Waals surface area contributed by atoms with Gasteiger partial charge in [0.25, 0.3) is 0 Å². The number of nitrogens with zero attached hydrogens (tertiary/aromatic N) is 1. The molecule has 108 valence electrons. The lowest BCUT2D eigenvalue weighted by Gasteiger charge is -2.13. The molecular weight excluding hydrogens is 254 g/mol. The molecule has 0 radical (unpaired) electrons. The number of thioether (sulfide) groups is 1. The normalized spacial score (nSPS) is 14.6. The van der Waals surface area contributed by atoms with Crippen molar-refractivity contribution < 1.29 is 19.7 Å². The highest BCUT2D eigenvalue weighted by Gasteiger charge is 2.15. The first-order valence-electron chi connectivity index (χ1n) is 6.15. The molecular formula is C12H25NO4S. The second-order valence-electron chi connectivity index (χ2n) is 4.60. The van der Waals surface area contributed by atoms with Crippen LogP contribution in [0.1, 0.15) is 13.3 Å². The third-order valence-corrected chi connectivity index (χ3v) is 3.64. The maximum absolute atomic E-state index is 11.6. The number of aliphatic hydroxyl groups is 2.